The Morgan fingerprint density at radius 3 is 2.80 bits per heavy atom. The van der Waals surface area contributed by atoms with Crippen LogP contribution in [0.2, 0.25) is 0 Å². The molecule has 1 heterocycles. The molecule has 15 heavy (non-hydrogen) atoms. The molecule has 86 valence electrons. The zero-order valence-electron chi connectivity index (χ0n) is 9.75. The van der Waals surface area contributed by atoms with Crippen molar-refractivity contribution in [3.05, 3.63) is 18.2 Å². The number of aryl methyl sites for hydroxylation is 2. The van der Waals surface area contributed by atoms with Gasteiger partial charge in [-0.2, -0.15) is 0 Å². The lowest BCUT2D eigenvalue weighted by molar-refractivity contribution is 0.601. The molecule has 1 unspecified atom stereocenters. The third-order valence-electron chi connectivity index (χ3n) is 2.69. The highest BCUT2D eigenvalue weighted by Gasteiger charge is 2.03. The van der Waals surface area contributed by atoms with E-state index in [1.807, 2.05) is 19.4 Å². The number of aromatic nitrogens is 2. The van der Waals surface area contributed by atoms with Gasteiger partial charge in [-0.05, 0) is 19.3 Å². The van der Waals surface area contributed by atoms with E-state index >= 15 is 0 Å². The van der Waals surface area contributed by atoms with Crippen molar-refractivity contribution in [2.75, 3.05) is 0 Å². The van der Waals surface area contributed by atoms with Gasteiger partial charge in [-0.25, -0.2) is 4.98 Å². The van der Waals surface area contributed by atoms with Gasteiger partial charge in [0.2, 0.25) is 0 Å². The van der Waals surface area contributed by atoms with Gasteiger partial charge >= 0.3 is 0 Å². The molecule has 0 bridgehead atoms. The molecule has 2 nitrogen and oxygen atoms in total. The van der Waals surface area contributed by atoms with E-state index in [4.69, 9.17) is 11.6 Å². The first kappa shape index (κ1) is 12.6. The first-order valence-electron chi connectivity index (χ1n) is 5.84. The predicted octanol–water partition coefficient (Wildman–Crippen LogP) is 3.54. The van der Waals surface area contributed by atoms with Gasteiger partial charge in [-0.15, -0.1) is 11.6 Å². The second kappa shape index (κ2) is 6.89. The number of halogens is 1. The van der Waals surface area contributed by atoms with E-state index in [1.54, 1.807) is 0 Å². The van der Waals surface area contributed by atoms with Crippen molar-refractivity contribution in [2.24, 2.45) is 7.05 Å². The van der Waals surface area contributed by atoms with E-state index in [0.29, 0.717) is 5.38 Å². The largest absolute Gasteiger partial charge is 0.338 e. The lowest BCUT2D eigenvalue weighted by Crippen LogP contribution is -2.00. The second-order valence-electron chi connectivity index (χ2n) is 4.09. The fraction of sp³-hybridized carbons (Fsp3) is 0.750. The van der Waals surface area contributed by atoms with E-state index in [9.17, 15) is 0 Å². The van der Waals surface area contributed by atoms with Crippen molar-refractivity contribution in [2.45, 2.75) is 50.8 Å². The number of nitrogens with zero attached hydrogens (tertiary/aromatic N) is 2. The molecule has 1 aromatic heterocycles. The molecule has 0 amide bonds. The van der Waals surface area contributed by atoms with E-state index in [0.717, 1.165) is 19.3 Å². The minimum absolute atomic E-state index is 0.372. The van der Waals surface area contributed by atoms with Crippen molar-refractivity contribution in [3.63, 3.8) is 0 Å². The molecule has 3 heteroatoms. The summed E-state index contributed by atoms with van der Waals surface area (Å²) in [5, 5.41) is 0.372. The van der Waals surface area contributed by atoms with Crippen molar-refractivity contribution in [3.8, 4) is 0 Å². The van der Waals surface area contributed by atoms with Crippen molar-refractivity contribution >= 4 is 11.6 Å². The zero-order valence-corrected chi connectivity index (χ0v) is 10.5. The maximum absolute atomic E-state index is 6.15. The van der Waals surface area contributed by atoms with Gasteiger partial charge < -0.3 is 4.57 Å². The van der Waals surface area contributed by atoms with Crippen molar-refractivity contribution in [1.29, 1.82) is 0 Å². The summed E-state index contributed by atoms with van der Waals surface area (Å²) in [5.41, 5.74) is 0. The summed E-state index contributed by atoms with van der Waals surface area (Å²) < 4.78 is 2.09. The average Bonchev–Trinajstić information content (AvgIpc) is 2.60. The van der Waals surface area contributed by atoms with Crippen LogP contribution in [-0.2, 0) is 13.5 Å². The fourth-order valence-electron chi connectivity index (χ4n) is 1.74. The Morgan fingerprint density at radius 1 is 1.40 bits per heavy atom. The van der Waals surface area contributed by atoms with Gasteiger partial charge in [-0.1, -0.05) is 19.8 Å². The Balaban J connectivity index is 2.09. The molecule has 0 radical (unpaired) electrons. The Kier molecular flexibility index (Phi) is 5.77. The van der Waals surface area contributed by atoms with E-state index in [2.05, 4.69) is 16.5 Å². The van der Waals surface area contributed by atoms with Gasteiger partial charge in [0.25, 0.3) is 0 Å². The van der Waals surface area contributed by atoms with Gasteiger partial charge in [0, 0.05) is 31.2 Å². The first-order chi connectivity index (χ1) is 7.24. The summed E-state index contributed by atoms with van der Waals surface area (Å²) in [6, 6.07) is 0. The van der Waals surface area contributed by atoms with Gasteiger partial charge in [0.05, 0.1) is 0 Å². The normalized spacial score (nSPS) is 13.0. The molecule has 0 aromatic carbocycles. The molecule has 0 spiro atoms. The molecule has 1 aromatic rings. The van der Waals surface area contributed by atoms with Crippen LogP contribution in [0.15, 0.2) is 12.4 Å². The molecule has 0 saturated carbocycles. The minimum Gasteiger partial charge on any atom is -0.338 e. The molecule has 0 fully saturated rings. The van der Waals surface area contributed by atoms with Crippen LogP contribution in [0.25, 0.3) is 0 Å². The lowest BCUT2D eigenvalue weighted by atomic mass is 10.1. The number of alkyl halides is 1. The predicted molar refractivity (Wildman–Crippen MR) is 65.3 cm³/mol. The molecular formula is C12H21ClN2. The molecule has 1 atom stereocenters. The van der Waals surface area contributed by atoms with Crippen LogP contribution in [0.4, 0.5) is 0 Å². The standard InChI is InChI=1S/C12H21ClN2/c1-3-6-11(13)7-4-5-8-12-14-9-10-15(12)2/h9-11H,3-8H2,1-2H3. The summed E-state index contributed by atoms with van der Waals surface area (Å²) >= 11 is 6.15. The Bertz CT molecular complexity index is 270. The second-order valence-corrected chi connectivity index (χ2v) is 4.70. The molecule has 1 rings (SSSR count). The van der Waals surface area contributed by atoms with E-state index in [-0.39, 0.29) is 0 Å². The molecule has 0 saturated heterocycles. The van der Waals surface area contributed by atoms with Crippen LogP contribution in [0, 0.1) is 0 Å². The van der Waals surface area contributed by atoms with E-state index < -0.39 is 0 Å². The summed E-state index contributed by atoms with van der Waals surface area (Å²) in [6.07, 6.45) is 10.8. The maximum Gasteiger partial charge on any atom is 0.108 e. The fourth-order valence-corrected chi connectivity index (χ4v) is 2.12. The molecule has 0 N–H and O–H groups in total. The smallest absolute Gasteiger partial charge is 0.108 e. The highest BCUT2D eigenvalue weighted by Crippen LogP contribution is 2.14. The molecular weight excluding hydrogens is 208 g/mol. The van der Waals surface area contributed by atoms with Crippen LogP contribution < -0.4 is 0 Å². The van der Waals surface area contributed by atoms with Gasteiger partial charge in [0.1, 0.15) is 5.82 Å². The number of hydrogen-bond donors (Lipinski definition) is 0. The number of unbranched alkanes of at least 4 members (excludes halogenated alkanes) is 1. The first-order valence-corrected chi connectivity index (χ1v) is 6.28. The Morgan fingerprint density at radius 2 is 2.20 bits per heavy atom. The number of imidazole rings is 1. The topological polar surface area (TPSA) is 17.8 Å². The maximum atomic E-state index is 6.15. The molecule has 0 aliphatic heterocycles. The molecule has 0 aliphatic carbocycles. The van der Waals surface area contributed by atoms with Crippen molar-refractivity contribution in [1.82, 2.24) is 9.55 Å². The van der Waals surface area contributed by atoms with Gasteiger partial charge in [-0.3, -0.25) is 0 Å². The summed E-state index contributed by atoms with van der Waals surface area (Å²) in [7, 11) is 2.05. The van der Waals surface area contributed by atoms with Gasteiger partial charge in [0.15, 0.2) is 0 Å². The Hall–Kier alpha value is -0.500. The monoisotopic (exact) mass is 228 g/mol. The van der Waals surface area contributed by atoms with Crippen LogP contribution in [0.3, 0.4) is 0 Å². The highest BCUT2D eigenvalue weighted by molar-refractivity contribution is 6.20. The molecule has 0 aliphatic rings. The summed E-state index contributed by atoms with van der Waals surface area (Å²) in [6.45, 7) is 2.18. The average molecular weight is 229 g/mol. The Labute approximate surface area is 97.7 Å². The third-order valence-corrected chi connectivity index (χ3v) is 3.13. The lowest BCUT2D eigenvalue weighted by Gasteiger charge is -2.07. The zero-order chi connectivity index (χ0) is 11.1. The van der Waals surface area contributed by atoms with Crippen LogP contribution in [0.1, 0.15) is 44.9 Å². The minimum atomic E-state index is 0.372. The van der Waals surface area contributed by atoms with Crippen LogP contribution >= 0.6 is 11.6 Å². The number of hydrogen-bond acceptors (Lipinski definition) is 1. The third kappa shape index (κ3) is 4.70. The quantitative estimate of drug-likeness (QED) is 0.516. The summed E-state index contributed by atoms with van der Waals surface area (Å²) in [4.78, 5) is 4.30. The van der Waals surface area contributed by atoms with E-state index in [1.165, 1.54) is 25.1 Å². The SMILES string of the molecule is CCCC(Cl)CCCCc1nccn1C. The number of rotatable bonds is 7. The van der Waals surface area contributed by atoms with Crippen LogP contribution in [-0.4, -0.2) is 14.9 Å². The van der Waals surface area contributed by atoms with Crippen molar-refractivity contribution < 1.29 is 0 Å². The van der Waals surface area contributed by atoms with Crippen LogP contribution in [0.5, 0.6) is 0 Å². The highest BCUT2D eigenvalue weighted by atomic mass is 35.5. The summed E-state index contributed by atoms with van der Waals surface area (Å²) in [5.74, 6) is 1.18.